The lowest BCUT2D eigenvalue weighted by molar-refractivity contribution is 0.102. The van der Waals surface area contributed by atoms with E-state index in [0.717, 1.165) is 16.1 Å². The molecule has 2 aromatic carbocycles. The summed E-state index contributed by atoms with van der Waals surface area (Å²) in [6, 6.07) is 9.20. The summed E-state index contributed by atoms with van der Waals surface area (Å²) in [6.45, 7) is 1.91. The molecule has 0 heterocycles. The highest BCUT2D eigenvalue weighted by Crippen LogP contribution is 2.26. The zero-order valence-corrected chi connectivity index (χ0v) is 11.8. The quantitative estimate of drug-likeness (QED) is 0.828. The molecule has 0 unspecified atom stereocenters. The topological polar surface area (TPSA) is 55.1 Å². The van der Waals surface area contributed by atoms with Gasteiger partial charge in [-0.15, -0.1) is 0 Å². The van der Waals surface area contributed by atoms with E-state index in [1.54, 1.807) is 6.07 Å². The van der Waals surface area contributed by atoms with Gasteiger partial charge in [0.25, 0.3) is 5.91 Å². The van der Waals surface area contributed by atoms with Crippen LogP contribution in [0.15, 0.2) is 40.9 Å². The number of nitrogen functional groups attached to an aromatic ring is 1. The predicted octanol–water partition coefficient (Wildman–Crippen LogP) is 3.73. The highest BCUT2D eigenvalue weighted by atomic mass is 79.9. The van der Waals surface area contributed by atoms with Gasteiger partial charge in [-0.05, 0) is 52.7 Å². The second-order valence-electron chi connectivity index (χ2n) is 4.12. The number of halogens is 2. The Labute approximate surface area is 118 Å². The smallest absolute Gasteiger partial charge is 0.257 e. The van der Waals surface area contributed by atoms with Crippen LogP contribution in [0.3, 0.4) is 0 Å². The Morgan fingerprint density at radius 3 is 2.79 bits per heavy atom. The Morgan fingerprint density at radius 2 is 2.05 bits per heavy atom. The summed E-state index contributed by atoms with van der Waals surface area (Å²) in [5.74, 6) is -0.939. The minimum Gasteiger partial charge on any atom is -0.398 e. The number of anilines is 2. The van der Waals surface area contributed by atoms with Crippen molar-refractivity contribution in [2.75, 3.05) is 11.1 Å². The third kappa shape index (κ3) is 2.93. The van der Waals surface area contributed by atoms with E-state index in [2.05, 4.69) is 21.2 Å². The Kier molecular flexibility index (Phi) is 3.85. The van der Waals surface area contributed by atoms with Crippen molar-refractivity contribution in [2.45, 2.75) is 6.92 Å². The Bertz CT molecular complexity index is 643. The Balaban J connectivity index is 2.31. The molecular formula is C14H12BrFN2O. The van der Waals surface area contributed by atoms with Gasteiger partial charge in [-0.3, -0.25) is 4.79 Å². The standard InChI is InChI=1S/C14H12BrFN2O/c1-8-3-2-4-12(13(8)15)18-14(19)10-7-9(16)5-6-11(10)17/h2-7H,17H2,1H3,(H,18,19). The predicted molar refractivity (Wildman–Crippen MR) is 77.6 cm³/mol. The fourth-order valence-corrected chi connectivity index (χ4v) is 2.02. The van der Waals surface area contributed by atoms with Gasteiger partial charge in [-0.25, -0.2) is 4.39 Å². The fourth-order valence-electron chi connectivity index (χ4n) is 1.66. The number of nitrogens with one attached hydrogen (secondary N) is 1. The summed E-state index contributed by atoms with van der Waals surface area (Å²) in [4.78, 5) is 12.1. The highest BCUT2D eigenvalue weighted by molar-refractivity contribution is 9.10. The van der Waals surface area contributed by atoms with Crippen LogP contribution in [-0.4, -0.2) is 5.91 Å². The molecule has 0 aliphatic carbocycles. The molecule has 3 nitrogen and oxygen atoms in total. The van der Waals surface area contributed by atoms with Crippen LogP contribution >= 0.6 is 15.9 Å². The van der Waals surface area contributed by atoms with Crippen LogP contribution in [0.4, 0.5) is 15.8 Å². The maximum Gasteiger partial charge on any atom is 0.257 e. The Morgan fingerprint density at radius 1 is 1.32 bits per heavy atom. The molecule has 5 heteroatoms. The zero-order chi connectivity index (χ0) is 14.0. The van der Waals surface area contributed by atoms with Crippen LogP contribution < -0.4 is 11.1 Å². The lowest BCUT2D eigenvalue weighted by Gasteiger charge is -2.10. The van der Waals surface area contributed by atoms with E-state index < -0.39 is 11.7 Å². The average molecular weight is 323 g/mol. The van der Waals surface area contributed by atoms with Gasteiger partial charge in [0.2, 0.25) is 0 Å². The maximum atomic E-state index is 13.1. The van der Waals surface area contributed by atoms with Crippen LogP contribution in [0, 0.1) is 12.7 Å². The number of hydrogen-bond acceptors (Lipinski definition) is 2. The highest BCUT2D eigenvalue weighted by Gasteiger charge is 2.13. The van der Waals surface area contributed by atoms with Crippen molar-refractivity contribution in [1.29, 1.82) is 0 Å². The molecule has 2 aromatic rings. The van der Waals surface area contributed by atoms with Gasteiger partial charge in [0.1, 0.15) is 5.82 Å². The van der Waals surface area contributed by atoms with Crippen LogP contribution in [-0.2, 0) is 0 Å². The number of rotatable bonds is 2. The SMILES string of the molecule is Cc1cccc(NC(=O)c2cc(F)ccc2N)c1Br. The fraction of sp³-hybridized carbons (Fsp3) is 0.0714. The lowest BCUT2D eigenvalue weighted by atomic mass is 10.1. The first-order chi connectivity index (χ1) is 8.99. The minimum atomic E-state index is -0.498. The summed E-state index contributed by atoms with van der Waals surface area (Å²) in [6.07, 6.45) is 0. The number of aryl methyl sites for hydroxylation is 1. The summed E-state index contributed by atoms with van der Waals surface area (Å²) in [5.41, 5.74) is 7.64. The van der Waals surface area contributed by atoms with E-state index in [-0.39, 0.29) is 11.3 Å². The molecule has 0 aromatic heterocycles. The van der Waals surface area contributed by atoms with E-state index in [0.29, 0.717) is 5.69 Å². The molecule has 0 fully saturated rings. The van der Waals surface area contributed by atoms with Gasteiger partial charge in [0.15, 0.2) is 0 Å². The third-order valence-electron chi connectivity index (χ3n) is 2.70. The second-order valence-corrected chi connectivity index (χ2v) is 4.92. The molecule has 0 saturated carbocycles. The zero-order valence-electron chi connectivity index (χ0n) is 10.2. The number of hydrogen-bond donors (Lipinski definition) is 2. The molecule has 19 heavy (non-hydrogen) atoms. The molecule has 3 N–H and O–H groups in total. The molecular weight excluding hydrogens is 311 g/mol. The first kappa shape index (κ1) is 13.5. The number of amides is 1. The molecule has 2 rings (SSSR count). The third-order valence-corrected chi connectivity index (χ3v) is 3.75. The summed E-state index contributed by atoms with van der Waals surface area (Å²) < 4.78 is 13.9. The van der Waals surface area contributed by atoms with E-state index >= 15 is 0 Å². The van der Waals surface area contributed by atoms with Crippen molar-refractivity contribution in [3.8, 4) is 0 Å². The Hall–Kier alpha value is -1.88. The molecule has 0 aliphatic heterocycles. The molecule has 0 bridgehead atoms. The van der Waals surface area contributed by atoms with E-state index in [1.165, 1.54) is 12.1 Å². The normalized spacial score (nSPS) is 10.3. The molecule has 0 radical (unpaired) electrons. The molecule has 0 atom stereocenters. The van der Waals surface area contributed by atoms with E-state index in [9.17, 15) is 9.18 Å². The van der Waals surface area contributed by atoms with E-state index in [4.69, 9.17) is 5.73 Å². The molecule has 0 saturated heterocycles. The van der Waals surface area contributed by atoms with Crippen molar-refractivity contribution in [3.63, 3.8) is 0 Å². The maximum absolute atomic E-state index is 13.1. The first-order valence-corrected chi connectivity index (χ1v) is 6.40. The molecule has 0 spiro atoms. The molecule has 98 valence electrons. The average Bonchev–Trinajstić information content (AvgIpc) is 2.38. The number of nitrogens with two attached hydrogens (primary N) is 1. The van der Waals surface area contributed by atoms with Gasteiger partial charge >= 0.3 is 0 Å². The number of carbonyl (C=O) groups excluding carboxylic acids is 1. The van der Waals surface area contributed by atoms with Gasteiger partial charge in [0, 0.05) is 10.2 Å². The second kappa shape index (κ2) is 5.40. The number of carbonyl (C=O) groups is 1. The van der Waals surface area contributed by atoms with Crippen LogP contribution in [0.1, 0.15) is 15.9 Å². The van der Waals surface area contributed by atoms with Crippen molar-refractivity contribution in [3.05, 3.63) is 57.8 Å². The summed E-state index contributed by atoms with van der Waals surface area (Å²) in [7, 11) is 0. The monoisotopic (exact) mass is 322 g/mol. The van der Waals surface area contributed by atoms with E-state index in [1.807, 2.05) is 19.1 Å². The molecule has 0 aliphatic rings. The summed E-state index contributed by atoms with van der Waals surface area (Å²) in [5, 5.41) is 2.70. The van der Waals surface area contributed by atoms with Gasteiger partial charge in [-0.1, -0.05) is 12.1 Å². The summed E-state index contributed by atoms with van der Waals surface area (Å²) >= 11 is 3.39. The van der Waals surface area contributed by atoms with Crippen molar-refractivity contribution in [2.24, 2.45) is 0 Å². The van der Waals surface area contributed by atoms with Gasteiger partial charge in [0.05, 0.1) is 11.3 Å². The first-order valence-electron chi connectivity index (χ1n) is 5.60. The van der Waals surface area contributed by atoms with Crippen LogP contribution in [0.25, 0.3) is 0 Å². The van der Waals surface area contributed by atoms with Crippen molar-refractivity contribution in [1.82, 2.24) is 0 Å². The minimum absolute atomic E-state index is 0.119. The van der Waals surface area contributed by atoms with Crippen LogP contribution in [0.2, 0.25) is 0 Å². The number of benzene rings is 2. The molecule has 1 amide bonds. The van der Waals surface area contributed by atoms with Gasteiger partial charge < -0.3 is 11.1 Å². The van der Waals surface area contributed by atoms with Gasteiger partial charge in [-0.2, -0.15) is 0 Å². The largest absolute Gasteiger partial charge is 0.398 e. The van der Waals surface area contributed by atoms with Crippen LogP contribution in [0.5, 0.6) is 0 Å². The van der Waals surface area contributed by atoms with Crippen molar-refractivity contribution >= 4 is 33.2 Å². The lowest BCUT2D eigenvalue weighted by Crippen LogP contribution is -2.14. The van der Waals surface area contributed by atoms with Crippen molar-refractivity contribution < 1.29 is 9.18 Å².